The van der Waals surface area contributed by atoms with E-state index < -0.39 is 5.92 Å². The lowest BCUT2D eigenvalue weighted by Crippen LogP contribution is -2.36. The van der Waals surface area contributed by atoms with Crippen LogP contribution in [0.1, 0.15) is 23.8 Å². The summed E-state index contributed by atoms with van der Waals surface area (Å²) in [5.41, 5.74) is 2.33. The number of likely N-dealkylation sites (N-methyl/N-ethyl adjacent to an activating group) is 1. The molecule has 2 amide bonds. The van der Waals surface area contributed by atoms with Gasteiger partial charge in [0.25, 0.3) is 0 Å². The summed E-state index contributed by atoms with van der Waals surface area (Å²) in [6.45, 7) is 0.180. The number of hydrogen-bond donors (Lipinski definition) is 1. The maximum Gasteiger partial charge on any atom is 0.247 e. The first-order valence-corrected chi connectivity index (χ1v) is 8.63. The number of nitrogens with one attached hydrogen (secondary N) is 1. The number of para-hydroxylation sites is 1. The average Bonchev–Trinajstić information content (AvgIpc) is 3.16. The zero-order chi connectivity index (χ0) is 18.8. The van der Waals surface area contributed by atoms with E-state index in [1.165, 1.54) is 4.90 Å². The van der Waals surface area contributed by atoms with Crippen LogP contribution >= 0.6 is 0 Å². The molecule has 7 nitrogen and oxygen atoms in total. The van der Waals surface area contributed by atoms with Crippen molar-refractivity contribution in [3.05, 3.63) is 66.1 Å². The van der Waals surface area contributed by atoms with Gasteiger partial charge < -0.3 is 14.6 Å². The van der Waals surface area contributed by atoms with Gasteiger partial charge in [0, 0.05) is 24.7 Å². The highest BCUT2D eigenvalue weighted by Crippen LogP contribution is 2.33. The Hall–Kier alpha value is -3.48. The van der Waals surface area contributed by atoms with Gasteiger partial charge in [0.05, 0.1) is 12.5 Å². The minimum Gasteiger partial charge on any atom is -0.419 e. The first-order chi connectivity index (χ1) is 13.1. The lowest BCUT2D eigenvalue weighted by atomic mass is 9.89. The normalized spacial score (nSPS) is 15.7. The molecule has 136 valence electrons. The molecular formula is C20H18N4O3. The van der Waals surface area contributed by atoms with E-state index in [-0.39, 0.29) is 24.8 Å². The van der Waals surface area contributed by atoms with Crippen molar-refractivity contribution in [2.24, 2.45) is 0 Å². The Bertz CT molecular complexity index is 984. The summed E-state index contributed by atoms with van der Waals surface area (Å²) < 4.78 is 5.67. The van der Waals surface area contributed by atoms with Gasteiger partial charge in [0.15, 0.2) is 0 Å². The fourth-order valence-corrected chi connectivity index (χ4v) is 3.19. The third-order valence-electron chi connectivity index (χ3n) is 4.53. The molecular weight excluding hydrogens is 344 g/mol. The summed E-state index contributed by atoms with van der Waals surface area (Å²) in [7, 11) is 1.67. The number of fused-ring (bicyclic) bond motifs is 1. The molecule has 0 bridgehead atoms. The zero-order valence-electron chi connectivity index (χ0n) is 14.8. The van der Waals surface area contributed by atoms with Crippen molar-refractivity contribution < 1.29 is 14.0 Å². The van der Waals surface area contributed by atoms with Crippen LogP contribution in [0.3, 0.4) is 0 Å². The third-order valence-corrected chi connectivity index (χ3v) is 4.53. The SMILES string of the molecule is CN(Cc1nnc(-c2ccccc2)o1)C(=O)[C@@H]1CC(=O)Nc2ccccc21. The van der Waals surface area contributed by atoms with Crippen LogP contribution in [0.5, 0.6) is 0 Å². The number of amides is 2. The van der Waals surface area contributed by atoms with Gasteiger partial charge in [0.2, 0.25) is 23.6 Å². The van der Waals surface area contributed by atoms with Crippen LogP contribution in [0.2, 0.25) is 0 Å². The van der Waals surface area contributed by atoms with E-state index in [0.717, 1.165) is 11.1 Å². The van der Waals surface area contributed by atoms with E-state index in [1.807, 2.05) is 48.5 Å². The highest BCUT2D eigenvalue weighted by molar-refractivity contribution is 6.01. The fourth-order valence-electron chi connectivity index (χ4n) is 3.19. The molecule has 0 radical (unpaired) electrons. The van der Waals surface area contributed by atoms with Crippen LogP contribution < -0.4 is 5.32 Å². The van der Waals surface area contributed by atoms with Gasteiger partial charge in [-0.05, 0) is 23.8 Å². The summed E-state index contributed by atoms with van der Waals surface area (Å²) in [5.74, 6) is -0.0788. The van der Waals surface area contributed by atoms with E-state index in [9.17, 15) is 9.59 Å². The van der Waals surface area contributed by atoms with E-state index in [4.69, 9.17) is 4.42 Å². The molecule has 2 heterocycles. The van der Waals surface area contributed by atoms with Gasteiger partial charge in [-0.1, -0.05) is 36.4 Å². The van der Waals surface area contributed by atoms with Crippen LogP contribution in [0.15, 0.2) is 59.0 Å². The summed E-state index contributed by atoms with van der Waals surface area (Å²) >= 11 is 0. The van der Waals surface area contributed by atoms with Crippen molar-refractivity contribution in [3.8, 4) is 11.5 Å². The molecule has 7 heteroatoms. The molecule has 0 spiro atoms. The second-order valence-corrected chi connectivity index (χ2v) is 6.45. The molecule has 27 heavy (non-hydrogen) atoms. The monoisotopic (exact) mass is 362 g/mol. The Morgan fingerprint density at radius 3 is 2.70 bits per heavy atom. The maximum absolute atomic E-state index is 12.9. The molecule has 0 saturated heterocycles. The number of carbonyl (C=O) groups is 2. The van der Waals surface area contributed by atoms with E-state index in [2.05, 4.69) is 15.5 Å². The Morgan fingerprint density at radius 2 is 1.89 bits per heavy atom. The predicted molar refractivity (Wildman–Crippen MR) is 98.6 cm³/mol. The lowest BCUT2D eigenvalue weighted by Gasteiger charge is -2.27. The standard InChI is InChI=1S/C20H18N4O3/c1-24(12-18-22-23-19(27-18)13-7-3-2-4-8-13)20(26)15-11-17(25)21-16-10-6-5-9-14(15)16/h2-10,15H,11-12H2,1H3,(H,21,25)/t15-/m1/s1. The Kier molecular flexibility index (Phi) is 4.42. The van der Waals surface area contributed by atoms with Crippen LogP contribution in [0, 0.1) is 0 Å². The number of benzene rings is 2. The topological polar surface area (TPSA) is 88.3 Å². The summed E-state index contributed by atoms with van der Waals surface area (Å²) in [6, 6.07) is 16.8. The minimum absolute atomic E-state index is 0.124. The van der Waals surface area contributed by atoms with E-state index in [0.29, 0.717) is 17.5 Å². The third kappa shape index (κ3) is 3.44. The van der Waals surface area contributed by atoms with Crippen LogP contribution in [-0.4, -0.2) is 34.0 Å². The first-order valence-electron chi connectivity index (χ1n) is 8.63. The lowest BCUT2D eigenvalue weighted by molar-refractivity contribution is -0.134. The minimum atomic E-state index is -0.517. The number of rotatable bonds is 4. The van der Waals surface area contributed by atoms with Gasteiger partial charge in [0.1, 0.15) is 0 Å². The highest BCUT2D eigenvalue weighted by atomic mass is 16.4. The van der Waals surface area contributed by atoms with Gasteiger partial charge >= 0.3 is 0 Å². The molecule has 1 atom stereocenters. The van der Waals surface area contributed by atoms with Crippen molar-refractivity contribution >= 4 is 17.5 Å². The van der Waals surface area contributed by atoms with Crippen molar-refractivity contribution in [2.75, 3.05) is 12.4 Å². The molecule has 4 rings (SSSR count). The molecule has 0 aliphatic carbocycles. The number of carbonyl (C=O) groups excluding carboxylic acids is 2. The molecule has 3 aromatic rings. The average molecular weight is 362 g/mol. The van der Waals surface area contributed by atoms with Crippen LogP contribution in [0.4, 0.5) is 5.69 Å². The molecule has 0 unspecified atom stereocenters. The molecule has 1 aromatic heterocycles. The fraction of sp³-hybridized carbons (Fsp3) is 0.200. The maximum atomic E-state index is 12.9. The zero-order valence-corrected chi connectivity index (χ0v) is 14.8. The summed E-state index contributed by atoms with van der Waals surface area (Å²) in [6.07, 6.45) is 0.124. The Labute approximate surface area is 156 Å². The first kappa shape index (κ1) is 17.0. The molecule has 0 saturated carbocycles. The molecule has 2 aromatic carbocycles. The van der Waals surface area contributed by atoms with Gasteiger partial charge in [-0.3, -0.25) is 9.59 Å². The highest BCUT2D eigenvalue weighted by Gasteiger charge is 2.32. The summed E-state index contributed by atoms with van der Waals surface area (Å²) in [5, 5.41) is 10.9. The van der Waals surface area contributed by atoms with Crippen LogP contribution in [-0.2, 0) is 16.1 Å². The molecule has 1 N–H and O–H groups in total. The quantitative estimate of drug-likeness (QED) is 0.771. The van der Waals surface area contributed by atoms with Crippen molar-refractivity contribution in [2.45, 2.75) is 18.9 Å². The second-order valence-electron chi connectivity index (χ2n) is 6.45. The van der Waals surface area contributed by atoms with Gasteiger partial charge in [-0.2, -0.15) is 0 Å². The Balaban J connectivity index is 1.51. The van der Waals surface area contributed by atoms with E-state index >= 15 is 0 Å². The largest absolute Gasteiger partial charge is 0.419 e. The summed E-state index contributed by atoms with van der Waals surface area (Å²) in [4.78, 5) is 26.4. The van der Waals surface area contributed by atoms with E-state index in [1.54, 1.807) is 13.1 Å². The van der Waals surface area contributed by atoms with Crippen molar-refractivity contribution in [1.29, 1.82) is 0 Å². The van der Waals surface area contributed by atoms with Crippen molar-refractivity contribution in [1.82, 2.24) is 15.1 Å². The smallest absolute Gasteiger partial charge is 0.247 e. The van der Waals surface area contributed by atoms with Crippen molar-refractivity contribution in [3.63, 3.8) is 0 Å². The second kappa shape index (κ2) is 7.03. The Morgan fingerprint density at radius 1 is 1.15 bits per heavy atom. The van der Waals surface area contributed by atoms with Crippen LogP contribution in [0.25, 0.3) is 11.5 Å². The number of nitrogens with zero attached hydrogens (tertiary/aromatic N) is 3. The predicted octanol–water partition coefficient (Wildman–Crippen LogP) is 2.82. The number of hydrogen-bond acceptors (Lipinski definition) is 5. The van der Waals surface area contributed by atoms with Gasteiger partial charge in [-0.15, -0.1) is 10.2 Å². The molecule has 0 fully saturated rings. The molecule has 1 aliphatic heterocycles. The molecule has 1 aliphatic rings. The van der Waals surface area contributed by atoms with Gasteiger partial charge in [-0.25, -0.2) is 0 Å². The number of aromatic nitrogens is 2. The number of anilines is 1.